The van der Waals surface area contributed by atoms with Gasteiger partial charge in [-0.3, -0.25) is 0 Å². The molecule has 0 saturated carbocycles. The maximum Gasteiger partial charge on any atom is 0.424 e. The van der Waals surface area contributed by atoms with E-state index in [1.54, 1.807) is 37.8 Å². The number of benzene rings is 1. The van der Waals surface area contributed by atoms with Crippen LogP contribution in [0.5, 0.6) is 0 Å². The van der Waals surface area contributed by atoms with E-state index in [-0.39, 0.29) is 11.4 Å². The molecule has 154 valence electrons. The van der Waals surface area contributed by atoms with Gasteiger partial charge in [-0.05, 0) is 39.8 Å². The first-order valence-electron chi connectivity index (χ1n) is 9.22. The molecule has 1 aromatic rings. The van der Waals surface area contributed by atoms with Gasteiger partial charge in [-0.1, -0.05) is 17.7 Å². The van der Waals surface area contributed by atoms with Gasteiger partial charge < -0.3 is 14.4 Å². The van der Waals surface area contributed by atoms with Gasteiger partial charge in [-0.15, -0.1) is 0 Å². The molecule has 0 radical (unpaired) electrons. The monoisotopic (exact) mass is 410 g/mol. The lowest BCUT2D eigenvalue weighted by atomic mass is 9.92. The molecule has 0 aromatic heterocycles. The van der Waals surface area contributed by atoms with Crippen molar-refractivity contribution in [1.29, 1.82) is 0 Å². The van der Waals surface area contributed by atoms with Crippen molar-refractivity contribution in [2.45, 2.75) is 56.6 Å². The van der Waals surface area contributed by atoms with Crippen LogP contribution in [0.1, 0.15) is 39.2 Å². The van der Waals surface area contributed by atoms with E-state index in [2.05, 4.69) is 0 Å². The highest BCUT2D eigenvalue weighted by molar-refractivity contribution is 7.89. The van der Waals surface area contributed by atoms with Gasteiger partial charge in [0.15, 0.2) is 0 Å². The van der Waals surface area contributed by atoms with Crippen LogP contribution in [0.3, 0.4) is 0 Å². The molecular formula is C19H26N2O6S. The Kier molecular flexibility index (Phi) is 5.07. The highest BCUT2D eigenvalue weighted by atomic mass is 32.2. The van der Waals surface area contributed by atoms with E-state index in [1.807, 2.05) is 6.92 Å². The third kappa shape index (κ3) is 4.09. The molecule has 2 amide bonds. The van der Waals surface area contributed by atoms with Crippen LogP contribution in [-0.2, 0) is 19.5 Å². The van der Waals surface area contributed by atoms with Gasteiger partial charge in [0.05, 0.1) is 11.4 Å². The summed E-state index contributed by atoms with van der Waals surface area (Å²) in [4.78, 5) is 26.2. The summed E-state index contributed by atoms with van der Waals surface area (Å²) < 4.78 is 37.4. The third-order valence-corrected chi connectivity index (χ3v) is 6.60. The summed E-state index contributed by atoms with van der Waals surface area (Å²) in [7, 11) is -3.98. The second kappa shape index (κ2) is 6.95. The topological polar surface area (TPSA) is 93.2 Å². The minimum Gasteiger partial charge on any atom is -0.444 e. The number of amides is 2. The second-order valence-corrected chi connectivity index (χ2v) is 10.2. The average molecular weight is 410 g/mol. The van der Waals surface area contributed by atoms with E-state index < -0.39 is 33.4 Å². The maximum atomic E-state index is 12.9. The zero-order chi connectivity index (χ0) is 20.7. The molecule has 0 atom stereocenters. The molecule has 1 aromatic carbocycles. The van der Waals surface area contributed by atoms with Crippen LogP contribution < -0.4 is 0 Å². The Bertz CT molecular complexity index is 865. The quantitative estimate of drug-likeness (QED) is 0.744. The smallest absolute Gasteiger partial charge is 0.424 e. The van der Waals surface area contributed by atoms with E-state index >= 15 is 0 Å². The van der Waals surface area contributed by atoms with Crippen LogP contribution >= 0.6 is 0 Å². The number of sulfonamides is 1. The van der Waals surface area contributed by atoms with Crippen molar-refractivity contribution in [3.63, 3.8) is 0 Å². The van der Waals surface area contributed by atoms with Gasteiger partial charge >= 0.3 is 12.2 Å². The second-order valence-electron chi connectivity index (χ2n) is 8.34. The average Bonchev–Trinajstić information content (AvgIpc) is 2.91. The number of hydrogen-bond acceptors (Lipinski definition) is 6. The summed E-state index contributed by atoms with van der Waals surface area (Å²) in [5.41, 5.74) is -0.577. The van der Waals surface area contributed by atoms with E-state index in [0.29, 0.717) is 25.9 Å². The summed E-state index contributed by atoms with van der Waals surface area (Å²) >= 11 is 0. The largest absolute Gasteiger partial charge is 0.444 e. The molecule has 0 aliphatic carbocycles. The van der Waals surface area contributed by atoms with Crippen molar-refractivity contribution in [1.82, 2.24) is 9.21 Å². The lowest BCUT2D eigenvalue weighted by Crippen LogP contribution is -2.50. The molecule has 0 N–H and O–H groups in total. The Hall–Kier alpha value is -2.29. The SMILES string of the molecule is Cc1ccc(S(=O)(=O)N2CC3(CCN(C(=O)OC(C)(C)C)CC3)OC2=O)cc1. The Morgan fingerprint density at radius 1 is 1.14 bits per heavy atom. The number of aryl methyl sites for hydroxylation is 1. The summed E-state index contributed by atoms with van der Waals surface area (Å²) in [6.07, 6.45) is -0.572. The number of hydrogen-bond donors (Lipinski definition) is 0. The van der Waals surface area contributed by atoms with E-state index in [1.165, 1.54) is 12.1 Å². The number of ether oxygens (including phenoxy) is 2. The van der Waals surface area contributed by atoms with Crippen LogP contribution in [0.2, 0.25) is 0 Å². The molecule has 2 aliphatic heterocycles. The highest BCUT2D eigenvalue weighted by Gasteiger charge is 2.51. The van der Waals surface area contributed by atoms with Gasteiger partial charge in [0.2, 0.25) is 0 Å². The predicted octanol–water partition coefficient (Wildman–Crippen LogP) is 2.91. The van der Waals surface area contributed by atoms with Gasteiger partial charge in [-0.25, -0.2) is 18.0 Å². The number of piperidine rings is 1. The molecule has 2 heterocycles. The van der Waals surface area contributed by atoms with E-state index in [0.717, 1.165) is 9.87 Å². The summed E-state index contributed by atoms with van der Waals surface area (Å²) in [6.45, 7) is 7.86. The minimum absolute atomic E-state index is 0.0514. The molecule has 1 spiro atoms. The van der Waals surface area contributed by atoms with E-state index in [9.17, 15) is 18.0 Å². The van der Waals surface area contributed by atoms with Crippen molar-refractivity contribution in [2.75, 3.05) is 19.6 Å². The number of likely N-dealkylation sites (tertiary alicyclic amines) is 1. The standard InChI is InChI=1S/C19H26N2O6S/c1-14-5-7-15(8-6-14)28(24,25)21-13-19(27-17(21)23)9-11-20(12-10-19)16(22)26-18(2,3)4/h5-8H,9-13H2,1-4H3. The molecule has 2 aliphatic rings. The molecule has 28 heavy (non-hydrogen) atoms. The molecule has 3 rings (SSSR count). The van der Waals surface area contributed by atoms with Crippen LogP contribution in [0, 0.1) is 6.92 Å². The van der Waals surface area contributed by atoms with Gasteiger partial charge in [-0.2, -0.15) is 4.31 Å². The van der Waals surface area contributed by atoms with Crippen molar-refractivity contribution >= 4 is 22.2 Å². The highest BCUT2D eigenvalue weighted by Crippen LogP contribution is 2.36. The van der Waals surface area contributed by atoms with Gasteiger partial charge in [0.1, 0.15) is 11.2 Å². The van der Waals surface area contributed by atoms with Crippen LogP contribution in [0.4, 0.5) is 9.59 Å². The lowest BCUT2D eigenvalue weighted by Gasteiger charge is -2.37. The molecule has 2 fully saturated rings. The minimum atomic E-state index is -3.98. The summed E-state index contributed by atoms with van der Waals surface area (Å²) in [6, 6.07) is 6.33. The summed E-state index contributed by atoms with van der Waals surface area (Å²) in [5, 5.41) is 0. The van der Waals surface area contributed by atoms with Gasteiger partial charge in [0.25, 0.3) is 10.0 Å². The van der Waals surface area contributed by atoms with Crippen LogP contribution in [-0.4, -0.2) is 60.6 Å². The Labute approximate surface area is 165 Å². The first-order valence-corrected chi connectivity index (χ1v) is 10.7. The number of carbonyl (C=O) groups is 2. The fourth-order valence-corrected chi connectivity index (χ4v) is 4.67. The number of carbonyl (C=O) groups excluding carboxylic acids is 2. The molecule has 2 saturated heterocycles. The molecule has 8 nitrogen and oxygen atoms in total. The lowest BCUT2D eigenvalue weighted by molar-refractivity contribution is -0.0169. The molecular weight excluding hydrogens is 384 g/mol. The van der Waals surface area contributed by atoms with Crippen LogP contribution in [0.25, 0.3) is 0 Å². The zero-order valence-corrected chi connectivity index (χ0v) is 17.4. The van der Waals surface area contributed by atoms with Crippen LogP contribution in [0.15, 0.2) is 29.2 Å². The van der Waals surface area contributed by atoms with Crippen molar-refractivity contribution in [3.05, 3.63) is 29.8 Å². The Morgan fingerprint density at radius 3 is 2.25 bits per heavy atom. The zero-order valence-electron chi connectivity index (χ0n) is 16.6. The van der Waals surface area contributed by atoms with Gasteiger partial charge in [0, 0.05) is 25.9 Å². The van der Waals surface area contributed by atoms with E-state index in [4.69, 9.17) is 9.47 Å². The first kappa shape index (κ1) is 20.4. The number of rotatable bonds is 2. The predicted molar refractivity (Wildman–Crippen MR) is 101 cm³/mol. The molecule has 0 bridgehead atoms. The van der Waals surface area contributed by atoms with Crippen molar-refractivity contribution in [2.24, 2.45) is 0 Å². The first-order chi connectivity index (χ1) is 12.9. The third-order valence-electron chi connectivity index (χ3n) is 4.87. The summed E-state index contributed by atoms with van der Waals surface area (Å²) in [5.74, 6) is 0. The normalized spacial score (nSPS) is 19.6. The fourth-order valence-electron chi connectivity index (χ4n) is 3.30. The van der Waals surface area contributed by atoms with Crippen molar-refractivity contribution in [3.8, 4) is 0 Å². The maximum absolute atomic E-state index is 12.9. The fraction of sp³-hybridized carbons (Fsp3) is 0.579. The van der Waals surface area contributed by atoms with Crippen molar-refractivity contribution < 1.29 is 27.5 Å². The molecule has 9 heteroatoms. The molecule has 0 unspecified atom stereocenters. The Morgan fingerprint density at radius 2 is 1.71 bits per heavy atom. The Balaban J connectivity index is 1.70. The number of nitrogens with zero attached hydrogens (tertiary/aromatic N) is 2.